The number of carbonyl (C=O) groups excluding carboxylic acids is 2. The van der Waals surface area contributed by atoms with Crippen molar-refractivity contribution in [1.29, 1.82) is 0 Å². The summed E-state index contributed by atoms with van der Waals surface area (Å²) in [5.41, 5.74) is 2.08. The van der Waals surface area contributed by atoms with Crippen molar-refractivity contribution in [3.8, 4) is 0 Å². The maximum atomic E-state index is 12.9. The lowest BCUT2D eigenvalue weighted by Crippen LogP contribution is -2.65. The van der Waals surface area contributed by atoms with E-state index in [2.05, 4.69) is 61.5 Å². The first-order valence-corrected chi connectivity index (χ1v) is 13.4. The van der Waals surface area contributed by atoms with E-state index in [1.165, 1.54) is 32.1 Å². The van der Waals surface area contributed by atoms with Crippen LogP contribution >= 0.6 is 0 Å². The van der Waals surface area contributed by atoms with Crippen molar-refractivity contribution >= 4 is 11.6 Å². The highest BCUT2D eigenvalue weighted by atomic mass is 16.1. The summed E-state index contributed by atoms with van der Waals surface area (Å²) in [6, 6.07) is 0. The molecule has 0 saturated heterocycles. The highest BCUT2D eigenvalue weighted by Gasteiger charge is 2.69. The number of carbonyl (C=O) groups is 2. The van der Waals surface area contributed by atoms with Crippen molar-refractivity contribution in [3.05, 3.63) is 11.6 Å². The van der Waals surface area contributed by atoms with Gasteiger partial charge < -0.3 is 0 Å². The van der Waals surface area contributed by atoms with Crippen molar-refractivity contribution in [1.82, 2.24) is 0 Å². The van der Waals surface area contributed by atoms with Gasteiger partial charge in [0.05, 0.1) is 0 Å². The van der Waals surface area contributed by atoms with E-state index in [4.69, 9.17) is 0 Å². The van der Waals surface area contributed by atoms with Crippen LogP contribution in [0, 0.1) is 50.2 Å². The normalized spacial score (nSPS) is 51.6. The Labute approximate surface area is 196 Å². The van der Waals surface area contributed by atoms with E-state index in [1.807, 2.05) is 0 Å². The van der Waals surface area contributed by atoms with E-state index >= 15 is 0 Å². The SMILES string of the molecule is CC1(C)C=C2[C@H]3CC[C@@H]4[C@@]5(C)CCC(=O)C(C)(C)[C@@H]5CC[C@@]4(C)[C@]3(C)CC[C@@]2(C)CC1=O. The summed E-state index contributed by atoms with van der Waals surface area (Å²) in [6.45, 7) is 19.0. The van der Waals surface area contributed by atoms with Gasteiger partial charge in [0, 0.05) is 23.7 Å². The first kappa shape index (κ1) is 22.9. The lowest BCUT2D eigenvalue weighted by molar-refractivity contribution is -0.211. The molecule has 5 aliphatic carbocycles. The molecule has 0 unspecified atom stereocenters. The maximum Gasteiger partial charge on any atom is 0.143 e. The lowest BCUT2D eigenvalue weighted by Gasteiger charge is -2.72. The molecule has 4 fully saturated rings. The van der Waals surface area contributed by atoms with E-state index in [1.54, 1.807) is 5.57 Å². The van der Waals surface area contributed by atoms with Crippen LogP contribution in [0.1, 0.15) is 113 Å². The minimum absolute atomic E-state index is 0.0698. The van der Waals surface area contributed by atoms with Crippen LogP contribution < -0.4 is 0 Å². The van der Waals surface area contributed by atoms with Crippen molar-refractivity contribution in [2.24, 2.45) is 50.2 Å². The molecule has 0 aliphatic heterocycles. The minimum Gasteiger partial charge on any atom is -0.299 e. The molecule has 4 saturated carbocycles. The third kappa shape index (κ3) is 2.59. The molecule has 2 heteroatoms. The number of rotatable bonds is 0. The predicted molar refractivity (Wildman–Crippen MR) is 130 cm³/mol. The molecule has 5 aliphatic rings. The van der Waals surface area contributed by atoms with Gasteiger partial charge in [-0.1, -0.05) is 53.2 Å². The molecule has 178 valence electrons. The van der Waals surface area contributed by atoms with Crippen molar-refractivity contribution in [3.63, 3.8) is 0 Å². The van der Waals surface area contributed by atoms with Crippen LogP contribution in [0.4, 0.5) is 0 Å². The van der Waals surface area contributed by atoms with E-state index in [0.29, 0.717) is 34.7 Å². The van der Waals surface area contributed by atoms with Crippen LogP contribution in [0.15, 0.2) is 11.6 Å². The summed E-state index contributed by atoms with van der Waals surface area (Å²) in [4.78, 5) is 25.8. The van der Waals surface area contributed by atoms with Gasteiger partial charge >= 0.3 is 0 Å². The Kier molecular flexibility index (Phi) is 4.57. The Balaban J connectivity index is 1.58. The molecule has 0 aromatic heterocycles. The van der Waals surface area contributed by atoms with Crippen LogP contribution in [-0.2, 0) is 9.59 Å². The van der Waals surface area contributed by atoms with E-state index in [0.717, 1.165) is 25.7 Å². The van der Waals surface area contributed by atoms with Gasteiger partial charge in [0.25, 0.3) is 0 Å². The minimum atomic E-state index is -0.317. The highest BCUT2D eigenvalue weighted by molar-refractivity contribution is 5.88. The van der Waals surface area contributed by atoms with Gasteiger partial charge in [0.2, 0.25) is 0 Å². The number of hydrogen-bond acceptors (Lipinski definition) is 2. The monoisotopic (exact) mass is 438 g/mol. The van der Waals surface area contributed by atoms with Gasteiger partial charge in [-0.15, -0.1) is 0 Å². The molecule has 0 amide bonds. The maximum absolute atomic E-state index is 12.9. The molecule has 0 aromatic rings. The van der Waals surface area contributed by atoms with Gasteiger partial charge in [-0.2, -0.15) is 0 Å². The number of hydrogen-bond donors (Lipinski definition) is 0. The average molecular weight is 439 g/mol. The Morgan fingerprint density at radius 2 is 1.41 bits per heavy atom. The van der Waals surface area contributed by atoms with E-state index in [-0.39, 0.29) is 27.1 Å². The van der Waals surface area contributed by atoms with Crippen molar-refractivity contribution in [2.75, 3.05) is 0 Å². The quantitative estimate of drug-likeness (QED) is 0.366. The summed E-state index contributed by atoms with van der Waals surface area (Å²) >= 11 is 0. The predicted octanol–water partition coefficient (Wildman–Crippen LogP) is 7.56. The fourth-order valence-corrected chi connectivity index (χ4v) is 10.3. The highest BCUT2D eigenvalue weighted by Crippen LogP contribution is 2.75. The second kappa shape index (κ2) is 6.39. The third-order valence-corrected chi connectivity index (χ3v) is 12.7. The summed E-state index contributed by atoms with van der Waals surface area (Å²) in [5, 5.41) is 0. The summed E-state index contributed by atoms with van der Waals surface area (Å²) < 4.78 is 0. The number of fused-ring (bicyclic) bond motifs is 7. The summed E-state index contributed by atoms with van der Waals surface area (Å²) in [6.07, 6.45) is 12.4. The zero-order valence-corrected chi connectivity index (χ0v) is 22.0. The lowest BCUT2D eigenvalue weighted by atomic mass is 9.32. The molecule has 0 N–H and O–H groups in total. The number of Topliss-reactive ketones (excluding diaryl/α,β-unsaturated/α-hetero) is 2. The molecule has 0 spiro atoms. The van der Waals surface area contributed by atoms with Crippen LogP contribution in [0.25, 0.3) is 0 Å². The van der Waals surface area contributed by atoms with E-state index < -0.39 is 0 Å². The number of allylic oxidation sites excluding steroid dienone is 2. The average Bonchev–Trinajstić information content (AvgIpc) is 2.68. The molecule has 32 heavy (non-hydrogen) atoms. The van der Waals surface area contributed by atoms with Crippen molar-refractivity contribution in [2.45, 2.75) is 113 Å². The van der Waals surface area contributed by atoms with E-state index in [9.17, 15) is 9.59 Å². The fraction of sp³-hybridized carbons (Fsp3) is 0.867. The molecule has 5 rings (SSSR count). The Bertz CT molecular complexity index is 908. The molecule has 0 radical (unpaired) electrons. The Morgan fingerprint density at radius 1 is 0.719 bits per heavy atom. The van der Waals surface area contributed by atoms with Crippen molar-refractivity contribution < 1.29 is 9.59 Å². The van der Waals surface area contributed by atoms with Crippen LogP contribution in [0.3, 0.4) is 0 Å². The summed E-state index contributed by atoms with van der Waals surface area (Å²) in [5.74, 6) is 2.75. The van der Waals surface area contributed by atoms with Gasteiger partial charge in [-0.25, -0.2) is 0 Å². The Hall–Kier alpha value is -0.920. The number of ketones is 2. The topological polar surface area (TPSA) is 34.1 Å². The standard InChI is InChI=1S/C30H46O2/c1-25(2)17-20-19-9-10-22-28(6)13-12-23(31)26(3,4)21(28)11-14-30(22,8)29(19,7)16-15-27(20,5)18-24(25)32/h17,19,21-22H,9-16,18H2,1-8H3/t19-,21+,22-,27+,28+,29-,30-/m1/s1. The Morgan fingerprint density at radius 3 is 2.09 bits per heavy atom. The van der Waals surface area contributed by atoms with Gasteiger partial charge in [0.1, 0.15) is 11.6 Å². The third-order valence-electron chi connectivity index (χ3n) is 12.7. The van der Waals surface area contributed by atoms with Crippen LogP contribution in [0.2, 0.25) is 0 Å². The second-order valence-electron chi connectivity index (χ2n) is 14.7. The van der Waals surface area contributed by atoms with Gasteiger partial charge in [-0.3, -0.25) is 9.59 Å². The largest absolute Gasteiger partial charge is 0.299 e. The fourth-order valence-electron chi connectivity index (χ4n) is 10.3. The first-order chi connectivity index (χ1) is 14.6. The van der Waals surface area contributed by atoms with Gasteiger partial charge in [0.15, 0.2) is 0 Å². The first-order valence-electron chi connectivity index (χ1n) is 13.4. The molecule has 7 atom stereocenters. The molecular formula is C30H46O2. The molecule has 0 heterocycles. The van der Waals surface area contributed by atoms with Crippen LogP contribution in [0.5, 0.6) is 0 Å². The molecule has 2 nitrogen and oxygen atoms in total. The zero-order valence-electron chi connectivity index (χ0n) is 22.0. The smallest absolute Gasteiger partial charge is 0.143 e. The zero-order chi connectivity index (χ0) is 23.5. The molecular weight excluding hydrogens is 392 g/mol. The second-order valence-corrected chi connectivity index (χ2v) is 14.7. The molecule has 0 aromatic carbocycles. The van der Waals surface area contributed by atoms with Gasteiger partial charge in [-0.05, 0) is 98.2 Å². The summed E-state index contributed by atoms with van der Waals surface area (Å²) in [7, 11) is 0. The molecule has 0 bridgehead atoms. The van der Waals surface area contributed by atoms with Crippen LogP contribution in [-0.4, -0.2) is 11.6 Å².